The van der Waals surface area contributed by atoms with Gasteiger partial charge in [0.05, 0.1) is 0 Å². The van der Waals surface area contributed by atoms with Gasteiger partial charge in [-0.2, -0.15) is 0 Å². The second-order valence-electron chi connectivity index (χ2n) is 5.75. The van der Waals surface area contributed by atoms with Crippen molar-refractivity contribution in [2.24, 2.45) is 0 Å². The standard InChI is InChI=1S/C19H19NO5/c21-13(11-24-16-4-1-3-15-14(16)7-8-20-15)12-25-18-6-2-5-17-19(18)23-10-9-22-17/h1-8,13,20-21H,9-12H2. The topological polar surface area (TPSA) is 72.9 Å². The highest BCUT2D eigenvalue weighted by Gasteiger charge is 2.18. The van der Waals surface area contributed by atoms with Gasteiger partial charge in [0.2, 0.25) is 5.75 Å². The van der Waals surface area contributed by atoms with Crippen molar-refractivity contribution < 1.29 is 24.1 Å². The number of nitrogens with one attached hydrogen (secondary N) is 1. The molecular formula is C19H19NO5. The maximum Gasteiger partial charge on any atom is 0.203 e. The second-order valence-corrected chi connectivity index (χ2v) is 5.75. The Labute approximate surface area is 144 Å². The molecule has 1 unspecified atom stereocenters. The lowest BCUT2D eigenvalue weighted by molar-refractivity contribution is 0.0605. The van der Waals surface area contributed by atoms with Crippen LogP contribution in [-0.4, -0.2) is 42.6 Å². The van der Waals surface area contributed by atoms with E-state index in [1.54, 1.807) is 6.07 Å². The Morgan fingerprint density at radius 3 is 2.64 bits per heavy atom. The zero-order chi connectivity index (χ0) is 17.1. The fraction of sp³-hybridized carbons (Fsp3) is 0.263. The van der Waals surface area contributed by atoms with E-state index in [2.05, 4.69) is 4.98 Å². The summed E-state index contributed by atoms with van der Waals surface area (Å²) >= 11 is 0. The van der Waals surface area contributed by atoms with Crippen LogP contribution in [0.5, 0.6) is 23.0 Å². The monoisotopic (exact) mass is 341 g/mol. The number of benzene rings is 2. The van der Waals surface area contributed by atoms with E-state index in [4.69, 9.17) is 18.9 Å². The van der Waals surface area contributed by atoms with Gasteiger partial charge in [0.15, 0.2) is 11.5 Å². The van der Waals surface area contributed by atoms with Crippen molar-refractivity contribution in [3.63, 3.8) is 0 Å². The van der Waals surface area contributed by atoms with Crippen LogP contribution in [0, 0.1) is 0 Å². The van der Waals surface area contributed by atoms with E-state index in [-0.39, 0.29) is 13.2 Å². The third-order valence-corrected chi connectivity index (χ3v) is 3.95. The molecule has 4 rings (SSSR count). The molecule has 0 radical (unpaired) electrons. The van der Waals surface area contributed by atoms with Crippen molar-refractivity contribution in [2.45, 2.75) is 6.10 Å². The number of ether oxygens (including phenoxy) is 4. The summed E-state index contributed by atoms with van der Waals surface area (Å²) in [6.45, 7) is 1.25. The van der Waals surface area contributed by atoms with Gasteiger partial charge in [0, 0.05) is 17.1 Å². The number of aromatic nitrogens is 1. The first kappa shape index (κ1) is 15.7. The van der Waals surface area contributed by atoms with Crippen molar-refractivity contribution in [3.05, 3.63) is 48.7 Å². The predicted octanol–water partition coefficient (Wildman–Crippen LogP) is 2.76. The zero-order valence-electron chi connectivity index (χ0n) is 13.6. The Kier molecular flexibility index (Phi) is 4.35. The van der Waals surface area contributed by atoms with Crippen molar-refractivity contribution in [1.29, 1.82) is 0 Å². The van der Waals surface area contributed by atoms with Crippen LogP contribution in [0.3, 0.4) is 0 Å². The average molecular weight is 341 g/mol. The zero-order valence-corrected chi connectivity index (χ0v) is 13.6. The van der Waals surface area contributed by atoms with Gasteiger partial charge in [0.25, 0.3) is 0 Å². The largest absolute Gasteiger partial charge is 0.490 e. The van der Waals surface area contributed by atoms with Gasteiger partial charge in [-0.05, 0) is 30.3 Å². The van der Waals surface area contributed by atoms with Gasteiger partial charge in [-0.15, -0.1) is 0 Å². The molecule has 0 aliphatic carbocycles. The number of rotatable bonds is 6. The predicted molar refractivity (Wildman–Crippen MR) is 92.7 cm³/mol. The van der Waals surface area contributed by atoms with Gasteiger partial charge in [-0.25, -0.2) is 0 Å². The SMILES string of the molecule is OC(COc1cccc2c1OCCO2)COc1cccc2[nH]ccc12. The molecule has 0 fully saturated rings. The number of hydrogen-bond donors (Lipinski definition) is 2. The third kappa shape index (κ3) is 3.34. The van der Waals surface area contributed by atoms with Crippen molar-refractivity contribution >= 4 is 10.9 Å². The Balaban J connectivity index is 1.35. The molecule has 0 saturated heterocycles. The number of para-hydroxylation sites is 1. The number of aliphatic hydroxyl groups is 1. The minimum absolute atomic E-state index is 0.100. The quantitative estimate of drug-likeness (QED) is 0.721. The number of H-pyrrole nitrogens is 1. The Morgan fingerprint density at radius 1 is 0.960 bits per heavy atom. The lowest BCUT2D eigenvalue weighted by Crippen LogP contribution is -2.25. The smallest absolute Gasteiger partial charge is 0.203 e. The van der Waals surface area contributed by atoms with Crippen molar-refractivity contribution in [2.75, 3.05) is 26.4 Å². The number of aromatic amines is 1. The highest BCUT2D eigenvalue weighted by Crippen LogP contribution is 2.38. The molecule has 1 aromatic heterocycles. The van der Waals surface area contributed by atoms with E-state index in [9.17, 15) is 5.11 Å². The van der Waals surface area contributed by atoms with Crippen LogP contribution in [0.25, 0.3) is 10.9 Å². The van der Waals surface area contributed by atoms with E-state index in [1.807, 2.05) is 42.6 Å². The number of hydrogen-bond acceptors (Lipinski definition) is 5. The molecule has 2 aromatic carbocycles. The molecule has 2 heterocycles. The molecule has 0 amide bonds. The Bertz CT molecular complexity index is 860. The van der Waals surface area contributed by atoms with Crippen LogP contribution < -0.4 is 18.9 Å². The second kappa shape index (κ2) is 6.94. The first-order valence-electron chi connectivity index (χ1n) is 8.19. The molecule has 6 heteroatoms. The third-order valence-electron chi connectivity index (χ3n) is 3.95. The van der Waals surface area contributed by atoms with Crippen LogP contribution in [0.4, 0.5) is 0 Å². The molecule has 0 saturated carbocycles. The van der Waals surface area contributed by atoms with Crippen molar-refractivity contribution in [1.82, 2.24) is 4.98 Å². The number of fused-ring (bicyclic) bond motifs is 2. The highest BCUT2D eigenvalue weighted by atomic mass is 16.6. The maximum absolute atomic E-state index is 10.2. The van der Waals surface area contributed by atoms with Crippen LogP contribution in [-0.2, 0) is 0 Å². The lowest BCUT2D eigenvalue weighted by Gasteiger charge is -2.21. The first-order chi connectivity index (χ1) is 12.3. The van der Waals surface area contributed by atoms with Gasteiger partial charge in [-0.3, -0.25) is 0 Å². The Morgan fingerprint density at radius 2 is 1.72 bits per heavy atom. The van der Waals surface area contributed by atoms with E-state index >= 15 is 0 Å². The summed E-state index contributed by atoms with van der Waals surface area (Å²) in [6.07, 6.45) is 1.09. The summed E-state index contributed by atoms with van der Waals surface area (Å²) < 4.78 is 22.5. The minimum atomic E-state index is -0.769. The summed E-state index contributed by atoms with van der Waals surface area (Å²) in [5, 5.41) is 11.2. The van der Waals surface area contributed by atoms with E-state index in [1.165, 1.54) is 0 Å². The molecule has 0 spiro atoms. The summed E-state index contributed by atoms with van der Waals surface area (Å²) in [4.78, 5) is 3.13. The van der Waals surface area contributed by atoms with Gasteiger partial charge in [0.1, 0.15) is 38.3 Å². The van der Waals surface area contributed by atoms with Crippen LogP contribution in [0.15, 0.2) is 48.7 Å². The molecule has 6 nitrogen and oxygen atoms in total. The first-order valence-corrected chi connectivity index (χ1v) is 8.19. The van der Waals surface area contributed by atoms with Gasteiger partial charge < -0.3 is 29.0 Å². The molecule has 0 bridgehead atoms. The van der Waals surface area contributed by atoms with Crippen LogP contribution >= 0.6 is 0 Å². The van der Waals surface area contributed by atoms with Crippen LogP contribution in [0.1, 0.15) is 0 Å². The lowest BCUT2D eigenvalue weighted by atomic mass is 10.2. The molecule has 1 atom stereocenters. The summed E-state index contributed by atoms with van der Waals surface area (Å²) in [5.41, 5.74) is 0.997. The van der Waals surface area contributed by atoms with Gasteiger partial charge in [-0.1, -0.05) is 12.1 Å². The fourth-order valence-electron chi connectivity index (χ4n) is 2.76. The van der Waals surface area contributed by atoms with Crippen molar-refractivity contribution in [3.8, 4) is 23.0 Å². The minimum Gasteiger partial charge on any atom is -0.490 e. The normalized spacial score (nSPS) is 14.3. The Hall–Kier alpha value is -2.86. The summed E-state index contributed by atoms with van der Waals surface area (Å²) in [6, 6.07) is 13.2. The molecule has 3 aromatic rings. The molecule has 2 N–H and O–H groups in total. The van der Waals surface area contributed by atoms with Gasteiger partial charge >= 0.3 is 0 Å². The number of aliphatic hydroxyl groups excluding tert-OH is 1. The van der Waals surface area contributed by atoms with E-state index in [0.29, 0.717) is 30.5 Å². The molecule has 1 aliphatic heterocycles. The fourth-order valence-corrected chi connectivity index (χ4v) is 2.76. The summed E-state index contributed by atoms with van der Waals surface area (Å²) in [5.74, 6) is 2.53. The highest BCUT2D eigenvalue weighted by molar-refractivity contribution is 5.85. The molecule has 130 valence electrons. The van der Waals surface area contributed by atoms with E-state index < -0.39 is 6.10 Å². The molecule has 25 heavy (non-hydrogen) atoms. The summed E-state index contributed by atoms with van der Waals surface area (Å²) in [7, 11) is 0. The van der Waals surface area contributed by atoms with Crippen LogP contribution in [0.2, 0.25) is 0 Å². The molecule has 1 aliphatic rings. The van der Waals surface area contributed by atoms with E-state index in [0.717, 1.165) is 16.7 Å². The maximum atomic E-state index is 10.2. The average Bonchev–Trinajstić information content (AvgIpc) is 3.14. The molecular weight excluding hydrogens is 322 g/mol.